The van der Waals surface area contributed by atoms with E-state index in [1.54, 1.807) is 0 Å². The van der Waals surface area contributed by atoms with Gasteiger partial charge in [-0.05, 0) is 26.3 Å². The lowest BCUT2D eigenvalue weighted by Crippen LogP contribution is -2.26. The summed E-state index contributed by atoms with van der Waals surface area (Å²) in [6.07, 6.45) is 5.64. The fourth-order valence-corrected chi connectivity index (χ4v) is 2.05. The molecule has 1 unspecified atom stereocenters. The van der Waals surface area contributed by atoms with Crippen LogP contribution in [0.15, 0.2) is 11.6 Å². The van der Waals surface area contributed by atoms with Crippen LogP contribution >= 0.6 is 0 Å². The first-order valence-corrected chi connectivity index (χ1v) is 4.22. The largest absolute Gasteiger partial charge is 0.293 e. The normalized spacial score (nSPS) is 31.9. The van der Waals surface area contributed by atoms with Crippen LogP contribution < -0.4 is 0 Å². The maximum atomic E-state index is 11.3. The van der Waals surface area contributed by atoms with Crippen molar-refractivity contribution >= 4 is 5.78 Å². The van der Waals surface area contributed by atoms with E-state index < -0.39 is 0 Å². The molecule has 2 nitrogen and oxygen atoms in total. The molecule has 0 bridgehead atoms. The zero-order chi connectivity index (χ0) is 7.84. The molecular weight excluding hydrogens is 138 g/mol. The molecule has 0 aromatic carbocycles. The second kappa shape index (κ2) is 2.45. The maximum absolute atomic E-state index is 11.3. The lowest BCUT2D eigenvalue weighted by Gasteiger charge is -2.21. The Morgan fingerprint density at radius 1 is 1.64 bits per heavy atom. The average Bonchev–Trinajstić information content (AvgIpc) is 2.30. The number of fused-ring (bicyclic) bond motifs is 1. The number of allylic oxidation sites excluding steroid dienone is 1. The van der Waals surface area contributed by atoms with Gasteiger partial charge in [-0.25, -0.2) is 0 Å². The first-order valence-electron chi connectivity index (χ1n) is 4.22. The second-order valence-corrected chi connectivity index (χ2v) is 3.44. The molecule has 2 aliphatic rings. The Bertz CT molecular complexity index is 220. The monoisotopic (exact) mass is 151 g/mol. The number of likely N-dealkylation sites (tertiary alicyclic amines) is 1. The van der Waals surface area contributed by atoms with Gasteiger partial charge < -0.3 is 0 Å². The molecule has 2 rings (SSSR count). The highest BCUT2D eigenvalue weighted by Crippen LogP contribution is 2.27. The van der Waals surface area contributed by atoms with Crippen molar-refractivity contribution in [2.75, 3.05) is 13.6 Å². The molecule has 1 fully saturated rings. The molecule has 0 N–H and O–H groups in total. The van der Waals surface area contributed by atoms with Crippen LogP contribution in [0.4, 0.5) is 0 Å². The van der Waals surface area contributed by atoms with Crippen molar-refractivity contribution in [3.63, 3.8) is 0 Å². The number of nitrogens with zero attached hydrogens (tertiary/aromatic N) is 1. The Morgan fingerprint density at radius 2 is 2.45 bits per heavy atom. The van der Waals surface area contributed by atoms with Gasteiger partial charge in [-0.2, -0.15) is 0 Å². The zero-order valence-corrected chi connectivity index (χ0v) is 6.84. The first-order chi connectivity index (χ1) is 5.29. The summed E-state index contributed by atoms with van der Waals surface area (Å²) in [5.41, 5.74) is 1.08. The van der Waals surface area contributed by atoms with Crippen molar-refractivity contribution < 1.29 is 4.79 Å². The molecule has 1 heterocycles. The minimum atomic E-state index is 0.345. The third-order valence-corrected chi connectivity index (χ3v) is 2.65. The van der Waals surface area contributed by atoms with Crippen LogP contribution in [-0.4, -0.2) is 30.3 Å². The topological polar surface area (TPSA) is 20.3 Å². The zero-order valence-electron chi connectivity index (χ0n) is 6.84. The number of ketones is 1. The minimum absolute atomic E-state index is 0.345. The van der Waals surface area contributed by atoms with Crippen LogP contribution in [0.25, 0.3) is 0 Å². The van der Waals surface area contributed by atoms with Gasteiger partial charge in [0.15, 0.2) is 5.78 Å². The molecule has 1 saturated heterocycles. The molecule has 0 aromatic heterocycles. The highest BCUT2D eigenvalue weighted by molar-refractivity contribution is 6.00. The summed E-state index contributed by atoms with van der Waals surface area (Å²) in [6.45, 7) is 0.635. The van der Waals surface area contributed by atoms with Gasteiger partial charge in [0.25, 0.3) is 0 Å². The first kappa shape index (κ1) is 7.04. The van der Waals surface area contributed by atoms with Gasteiger partial charge in [0, 0.05) is 11.6 Å². The summed E-state index contributed by atoms with van der Waals surface area (Å²) in [7, 11) is 2.04. The van der Waals surface area contributed by atoms with Crippen LogP contribution in [0.1, 0.15) is 19.3 Å². The molecule has 0 saturated carbocycles. The molecular formula is C9H13NO. The molecule has 1 atom stereocenters. The number of carbonyl (C=O) groups excluding carboxylic acids is 1. The number of hydrogen-bond acceptors (Lipinski definition) is 2. The summed E-state index contributed by atoms with van der Waals surface area (Å²) in [5.74, 6) is 0.345. The van der Waals surface area contributed by atoms with E-state index in [4.69, 9.17) is 0 Å². The molecule has 0 amide bonds. The summed E-state index contributed by atoms with van der Waals surface area (Å²) < 4.78 is 0. The third kappa shape index (κ3) is 1.02. The van der Waals surface area contributed by atoms with Gasteiger partial charge >= 0.3 is 0 Å². The van der Waals surface area contributed by atoms with Crippen LogP contribution in [0.2, 0.25) is 0 Å². The number of Topliss-reactive ketones (excluding diaryl/α,β-unsaturated/α-hetero) is 1. The van der Waals surface area contributed by atoms with E-state index >= 15 is 0 Å². The van der Waals surface area contributed by atoms with Crippen molar-refractivity contribution in [1.82, 2.24) is 4.90 Å². The fourth-order valence-electron chi connectivity index (χ4n) is 2.05. The molecule has 60 valence electrons. The summed E-state index contributed by atoms with van der Waals surface area (Å²) in [6, 6.07) is 0.455. The Morgan fingerprint density at radius 3 is 3.18 bits per heavy atom. The Hall–Kier alpha value is -0.630. The SMILES string of the molecule is CN1CC(=O)C2=CCCCC21. The van der Waals surface area contributed by atoms with E-state index in [0.717, 1.165) is 12.0 Å². The predicted molar refractivity (Wildman–Crippen MR) is 43.4 cm³/mol. The summed E-state index contributed by atoms with van der Waals surface area (Å²) in [4.78, 5) is 13.5. The number of hydrogen-bond donors (Lipinski definition) is 0. The van der Waals surface area contributed by atoms with Gasteiger partial charge in [0.2, 0.25) is 0 Å². The minimum Gasteiger partial charge on any atom is -0.293 e. The maximum Gasteiger partial charge on any atom is 0.174 e. The average molecular weight is 151 g/mol. The molecule has 2 heteroatoms. The lowest BCUT2D eigenvalue weighted by atomic mass is 9.94. The number of likely N-dealkylation sites (N-methyl/N-ethyl adjacent to an activating group) is 1. The highest BCUT2D eigenvalue weighted by Gasteiger charge is 2.33. The van der Waals surface area contributed by atoms with E-state index in [1.807, 2.05) is 7.05 Å². The van der Waals surface area contributed by atoms with Crippen molar-refractivity contribution in [2.45, 2.75) is 25.3 Å². The van der Waals surface area contributed by atoms with E-state index in [1.165, 1.54) is 12.8 Å². The van der Waals surface area contributed by atoms with Gasteiger partial charge in [0.05, 0.1) is 6.54 Å². The van der Waals surface area contributed by atoms with Crippen LogP contribution in [0.5, 0.6) is 0 Å². The van der Waals surface area contributed by atoms with Crippen molar-refractivity contribution in [1.29, 1.82) is 0 Å². The van der Waals surface area contributed by atoms with Crippen molar-refractivity contribution in [2.24, 2.45) is 0 Å². The summed E-state index contributed by atoms with van der Waals surface area (Å²) >= 11 is 0. The molecule has 1 aliphatic heterocycles. The standard InChI is InChI=1S/C9H13NO/c1-10-6-9(11)7-4-2-3-5-8(7)10/h4,8H,2-3,5-6H2,1H3. The van der Waals surface area contributed by atoms with E-state index in [9.17, 15) is 4.79 Å². The lowest BCUT2D eigenvalue weighted by molar-refractivity contribution is -0.114. The van der Waals surface area contributed by atoms with E-state index in [-0.39, 0.29) is 0 Å². The van der Waals surface area contributed by atoms with E-state index in [0.29, 0.717) is 18.4 Å². The molecule has 0 aromatic rings. The van der Waals surface area contributed by atoms with Gasteiger partial charge in [-0.3, -0.25) is 9.69 Å². The molecule has 1 aliphatic carbocycles. The third-order valence-electron chi connectivity index (χ3n) is 2.65. The van der Waals surface area contributed by atoms with Gasteiger partial charge in [-0.1, -0.05) is 6.08 Å². The van der Waals surface area contributed by atoms with Crippen LogP contribution in [-0.2, 0) is 4.79 Å². The number of rotatable bonds is 0. The quantitative estimate of drug-likeness (QED) is 0.514. The Balaban J connectivity index is 2.29. The van der Waals surface area contributed by atoms with Crippen molar-refractivity contribution in [3.8, 4) is 0 Å². The molecule has 11 heavy (non-hydrogen) atoms. The van der Waals surface area contributed by atoms with Gasteiger partial charge in [0.1, 0.15) is 0 Å². The van der Waals surface area contributed by atoms with Gasteiger partial charge in [-0.15, -0.1) is 0 Å². The molecule has 0 spiro atoms. The molecule has 0 radical (unpaired) electrons. The smallest absolute Gasteiger partial charge is 0.174 e. The van der Waals surface area contributed by atoms with Crippen LogP contribution in [0, 0.1) is 0 Å². The van der Waals surface area contributed by atoms with E-state index in [2.05, 4.69) is 11.0 Å². The highest BCUT2D eigenvalue weighted by atomic mass is 16.1. The number of carbonyl (C=O) groups is 1. The Labute approximate surface area is 66.9 Å². The van der Waals surface area contributed by atoms with Crippen LogP contribution in [0.3, 0.4) is 0 Å². The predicted octanol–water partition coefficient (Wildman–Crippen LogP) is 0.980. The summed E-state index contributed by atoms with van der Waals surface area (Å²) in [5, 5.41) is 0. The Kier molecular flexibility index (Phi) is 1.57. The van der Waals surface area contributed by atoms with Crippen molar-refractivity contribution in [3.05, 3.63) is 11.6 Å². The second-order valence-electron chi connectivity index (χ2n) is 3.44. The fraction of sp³-hybridized carbons (Fsp3) is 0.667.